The number of benzene rings is 2. The molecule has 5 rings (SSSR count). The third-order valence-electron chi connectivity index (χ3n) is 7.93. The summed E-state index contributed by atoms with van der Waals surface area (Å²) in [5, 5.41) is 3.17. The van der Waals surface area contributed by atoms with Gasteiger partial charge in [0.15, 0.2) is 0 Å². The molecule has 2 aromatic carbocycles. The number of rotatable bonds is 4. The molecule has 1 N–H and O–H groups in total. The first-order valence-corrected chi connectivity index (χ1v) is 12.7. The molecule has 3 aliphatic rings. The van der Waals surface area contributed by atoms with Crippen LogP contribution in [0.5, 0.6) is 0 Å². The Morgan fingerprint density at radius 3 is 2.39 bits per heavy atom. The number of likely N-dealkylation sites (tertiary alicyclic amines) is 2. The molecule has 0 spiro atoms. The number of allylic oxidation sites excluding steroid dienone is 1. The van der Waals surface area contributed by atoms with Gasteiger partial charge in [-0.15, -0.1) is 0 Å². The Balaban J connectivity index is 1.19. The molecule has 1 aliphatic carbocycles. The molecule has 2 amide bonds. The van der Waals surface area contributed by atoms with Gasteiger partial charge in [0.25, 0.3) is 0 Å². The molecule has 2 saturated heterocycles. The van der Waals surface area contributed by atoms with Gasteiger partial charge in [-0.2, -0.15) is 0 Å². The van der Waals surface area contributed by atoms with E-state index in [9.17, 15) is 4.79 Å². The summed E-state index contributed by atoms with van der Waals surface area (Å²) in [7, 11) is 0. The number of fused-ring (bicyclic) bond motifs is 1. The molecule has 2 aliphatic heterocycles. The van der Waals surface area contributed by atoms with Crippen molar-refractivity contribution in [1.82, 2.24) is 9.80 Å². The Bertz CT molecular complexity index is 1030. The van der Waals surface area contributed by atoms with Gasteiger partial charge in [-0.25, -0.2) is 4.79 Å². The van der Waals surface area contributed by atoms with Crippen molar-refractivity contribution in [1.29, 1.82) is 0 Å². The van der Waals surface area contributed by atoms with Gasteiger partial charge in [0.2, 0.25) is 0 Å². The first kappa shape index (κ1) is 22.2. The van der Waals surface area contributed by atoms with Crippen LogP contribution < -0.4 is 5.32 Å². The van der Waals surface area contributed by atoms with Gasteiger partial charge in [0.1, 0.15) is 0 Å². The maximum absolute atomic E-state index is 12.9. The average Bonchev–Trinajstić information content (AvgIpc) is 3.35. The highest BCUT2D eigenvalue weighted by molar-refractivity contribution is 5.90. The van der Waals surface area contributed by atoms with Gasteiger partial charge in [-0.05, 0) is 106 Å². The van der Waals surface area contributed by atoms with Gasteiger partial charge in [-0.1, -0.05) is 41.5 Å². The lowest BCUT2D eigenvalue weighted by molar-refractivity contribution is 0.194. The molecule has 0 saturated carbocycles. The highest BCUT2D eigenvalue weighted by Gasteiger charge is 2.25. The Labute approximate surface area is 198 Å². The lowest BCUT2D eigenvalue weighted by Crippen LogP contribution is -2.40. The Kier molecular flexibility index (Phi) is 6.55. The first-order chi connectivity index (χ1) is 16.1. The van der Waals surface area contributed by atoms with E-state index < -0.39 is 0 Å². The minimum Gasteiger partial charge on any atom is -0.324 e. The van der Waals surface area contributed by atoms with Crippen molar-refractivity contribution in [3.8, 4) is 0 Å². The topological polar surface area (TPSA) is 35.6 Å². The van der Waals surface area contributed by atoms with E-state index in [0.717, 1.165) is 51.0 Å². The number of piperidine rings is 1. The summed E-state index contributed by atoms with van der Waals surface area (Å²) in [5.41, 5.74) is 9.41. The molecule has 0 bridgehead atoms. The van der Waals surface area contributed by atoms with Crippen molar-refractivity contribution in [2.75, 3.05) is 38.0 Å². The number of amides is 2. The molecule has 2 fully saturated rings. The number of carbonyl (C=O) groups excluding carboxylic acids is 1. The number of urea groups is 1. The quantitative estimate of drug-likeness (QED) is 0.609. The largest absolute Gasteiger partial charge is 0.324 e. The third-order valence-corrected chi connectivity index (χ3v) is 7.93. The van der Waals surface area contributed by atoms with Crippen molar-refractivity contribution in [2.24, 2.45) is 0 Å². The molecular formula is C29H37N3O. The Hall–Kier alpha value is -2.59. The highest BCUT2D eigenvalue weighted by atomic mass is 16.2. The van der Waals surface area contributed by atoms with E-state index in [0.29, 0.717) is 5.92 Å². The second-order valence-corrected chi connectivity index (χ2v) is 10.2. The third kappa shape index (κ3) is 5.01. The fraction of sp³-hybridized carbons (Fsp3) is 0.483. The predicted octanol–water partition coefficient (Wildman–Crippen LogP) is 6.22. The van der Waals surface area contributed by atoms with Gasteiger partial charge < -0.3 is 10.2 Å². The molecule has 0 unspecified atom stereocenters. The molecular weight excluding hydrogens is 406 g/mol. The summed E-state index contributed by atoms with van der Waals surface area (Å²) in [5.74, 6) is 0.558. The number of anilines is 1. The number of nitrogens with zero attached hydrogens (tertiary/aromatic N) is 2. The molecule has 33 heavy (non-hydrogen) atoms. The second-order valence-electron chi connectivity index (χ2n) is 10.2. The van der Waals surface area contributed by atoms with Crippen molar-refractivity contribution in [3.63, 3.8) is 0 Å². The number of nitrogens with one attached hydrogen (secondary N) is 1. The Morgan fingerprint density at radius 2 is 1.67 bits per heavy atom. The van der Waals surface area contributed by atoms with E-state index in [-0.39, 0.29) is 6.03 Å². The van der Waals surface area contributed by atoms with Gasteiger partial charge in [0.05, 0.1) is 0 Å². The highest BCUT2D eigenvalue weighted by Crippen LogP contribution is 2.34. The van der Waals surface area contributed by atoms with E-state index in [1.807, 2.05) is 4.90 Å². The molecule has 2 heterocycles. The van der Waals surface area contributed by atoms with Crippen molar-refractivity contribution in [3.05, 3.63) is 70.3 Å². The van der Waals surface area contributed by atoms with Crippen molar-refractivity contribution >= 4 is 17.3 Å². The summed E-state index contributed by atoms with van der Waals surface area (Å²) >= 11 is 0. The first-order valence-electron chi connectivity index (χ1n) is 12.7. The van der Waals surface area contributed by atoms with Crippen LogP contribution in [0.25, 0.3) is 5.57 Å². The van der Waals surface area contributed by atoms with E-state index in [1.54, 1.807) is 5.57 Å². The molecule has 2 aromatic rings. The van der Waals surface area contributed by atoms with Crippen LogP contribution in [0, 0.1) is 6.92 Å². The smallest absolute Gasteiger partial charge is 0.321 e. The fourth-order valence-electron chi connectivity index (χ4n) is 5.77. The molecule has 0 radical (unpaired) electrons. The summed E-state index contributed by atoms with van der Waals surface area (Å²) < 4.78 is 0. The Morgan fingerprint density at radius 1 is 0.939 bits per heavy atom. The summed E-state index contributed by atoms with van der Waals surface area (Å²) in [6.45, 7) is 9.66. The lowest BCUT2D eigenvalue weighted by atomic mass is 9.86. The van der Waals surface area contributed by atoms with Crippen molar-refractivity contribution in [2.45, 2.75) is 58.3 Å². The maximum atomic E-state index is 12.9. The van der Waals surface area contributed by atoms with E-state index in [2.05, 4.69) is 66.5 Å². The van der Waals surface area contributed by atoms with Crippen LogP contribution in [-0.2, 0) is 6.42 Å². The van der Waals surface area contributed by atoms with Gasteiger partial charge in [0, 0.05) is 25.3 Å². The van der Waals surface area contributed by atoms with Crippen LogP contribution in [0.2, 0.25) is 0 Å². The second kappa shape index (κ2) is 9.72. The number of hydrogen-bond acceptors (Lipinski definition) is 2. The normalized spacial score (nSPS) is 19.6. The molecule has 0 atom stereocenters. The minimum absolute atomic E-state index is 0.0371. The van der Waals surface area contributed by atoms with Gasteiger partial charge >= 0.3 is 6.03 Å². The zero-order chi connectivity index (χ0) is 22.8. The SMILES string of the molecule is CC1=C(CN2CCCC2)CCc2cc(NC(=O)N3CCC(c4ccc(C)cc4)CC3)ccc21. The summed E-state index contributed by atoms with van der Waals surface area (Å²) in [4.78, 5) is 17.5. The van der Waals surface area contributed by atoms with Crippen molar-refractivity contribution < 1.29 is 4.79 Å². The monoisotopic (exact) mass is 443 g/mol. The van der Waals surface area contributed by atoms with Gasteiger partial charge in [-0.3, -0.25) is 4.90 Å². The van der Waals surface area contributed by atoms with Crippen LogP contribution in [0.3, 0.4) is 0 Å². The van der Waals surface area contributed by atoms with E-state index in [1.165, 1.54) is 53.8 Å². The van der Waals surface area contributed by atoms with E-state index in [4.69, 9.17) is 0 Å². The number of carbonyl (C=O) groups is 1. The average molecular weight is 444 g/mol. The zero-order valence-electron chi connectivity index (χ0n) is 20.2. The van der Waals surface area contributed by atoms with Crippen LogP contribution in [-0.4, -0.2) is 48.6 Å². The number of hydrogen-bond donors (Lipinski definition) is 1. The lowest BCUT2D eigenvalue weighted by Gasteiger charge is -2.32. The minimum atomic E-state index is 0.0371. The predicted molar refractivity (Wildman–Crippen MR) is 137 cm³/mol. The summed E-state index contributed by atoms with van der Waals surface area (Å²) in [6, 6.07) is 15.4. The molecule has 4 nitrogen and oxygen atoms in total. The number of aryl methyl sites for hydroxylation is 2. The van der Waals surface area contributed by atoms with E-state index >= 15 is 0 Å². The molecule has 0 aromatic heterocycles. The zero-order valence-corrected chi connectivity index (χ0v) is 20.2. The summed E-state index contributed by atoms with van der Waals surface area (Å²) in [6.07, 6.45) is 6.96. The fourth-order valence-corrected chi connectivity index (χ4v) is 5.77. The maximum Gasteiger partial charge on any atom is 0.321 e. The van der Waals surface area contributed by atoms with Crippen LogP contribution >= 0.6 is 0 Å². The van der Waals surface area contributed by atoms with Crippen LogP contribution in [0.15, 0.2) is 48.0 Å². The van der Waals surface area contributed by atoms with Crippen LogP contribution in [0.4, 0.5) is 10.5 Å². The molecule has 174 valence electrons. The molecule has 4 heteroatoms. The van der Waals surface area contributed by atoms with Crippen LogP contribution in [0.1, 0.15) is 67.2 Å². The standard InChI is InChI=1S/C29H37N3O/c1-21-5-7-23(8-6-21)24-13-17-32(18-14-24)29(33)30-27-11-12-28-22(2)26(10-9-25(28)19-27)20-31-15-3-4-16-31/h5-8,11-12,19,24H,3-4,9-10,13-18,20H2,1-2H3,(H,30,33).